The van der Waals surface area contributed by atoms with Gasteiger partial charge in [0, 0.05) is 17.6 Å². The zero-order chi connectivity index (χ0) is 9.97. The van der Waals surface area contributed by atoms with Crippen molar-refractivity contribution in [1.82, 2.24) is 5.32 Å². The smallest absolute Gasteiger partial charge is 0.116 e. The van der Waals surface area contributed by atoms with E-state index >= 15 is 0 Å². The lowest BCUT2D eigenvalue weighted by Crippen LogP contribution is -2.33. The molecule has 1 aliphatic heterocycles. The van der Waals surface area contributed by atoms with Gasteiger partial charge in [0.1, 0.15) is 5.75 Å². The Hall–Kier alpha value is -0.580. The first-order valence-corrected chi connectivity index (χ1v) is 5.37. The number of morpholine rings is 1. The van der Waals surface area contributed by atoms with Gasteiger partial charge in [0.05, 0.1) is 12.7 Å². The highest BCUT2D eigenvalue weighted by Crippen LogP contribution is 2.29. The second-order valence-electron chi connectivity index (χ2n) is 3.27. The van der Waals surface area contributed by atoms with Gasteiger partial charge in [-0.1, -0.05) is 15.9 Å². The van der Waals surface area contributed by atoms with Crippen molar-refractivity contribution < 1.29 is 9.84 Å². The fourth-order valence-electron chi connectivity index (χ4n) is 1.54. The first-order chi connectivity index (χ1) is 6.77. The number of benzene rings is 1. The van der Waals surface area contributed by atoms with Crippen molar-refractivity contribution >= 4 is 15.9 Å². The number of halogens is 1. The maximum Gasteiger partial charge on any atom is 0.116 e. The molecule has 14 heavy (non-hydrogen) atoms. The zero-order valence-electron chi connectivity index (χ0n) is 7.66. The highest BCUT2D eigenvalue weighted by atomic mass is 79.9. The molecule has 0 bridgehead atoms. The molecule has 1 unspecified atom stereocenters. The molecule has 0 aromatic heterocycles. The van der Waals surface area contributed by atoms with Crippen LogP contribution in [0.1, 0.15) is 11.7 Å². The van der Waals surface area contributed by atoms with E-state index in [9.17, 15) is 5.11 Å². The molecule has 1 atom stereocenters. The Kier molecular flexibility index (Phi) is 3.05. The molecule has 1 fully saturated rings. The first-order valence-electron chi connectivity index (χ1n) is 4.58. The summed E-state index contributed by atoms with van der Waals surface area (Å²) in [4.78, 5) is 0. The summed E-state index contributed by atoms with van der Waals surface area (Å²) in [6.45, 7) is 2.40. The molecular weight excluding hydrogens is 246 g/mol. The number of phenols is 1. The lowest BCUT2D eigenvalue weighted by atomic mass is 10.1. The minimum absolute atomic E-state index is 0.0326. The Bertz CT molecular complexity index is 324. The maximum absolute atomic E-state index is 9.37. The summed E-state index contributed by atoms with van der Waals surface area (Å²) >= 11 is 3.45. The van der Waals surface area contributed by atoms with Crippen molar-refractivity contribution in [3.05, 3.63) is 28.2 Å². The van der Waals surface area contributed by atoms with E-state index in [4.69, 9.17) is 4.74 Å². The number of hydrogen-bond acceptors (Lipinski definition) is 3. The molecule has 0 amide bonds. The van der Waals surface area contributed by atoms with Crippen LogP contribution in [0.2, 0.25) is 0 Å². The van der Waals surface area contributed by atoms with Crippen molar-refractivity contribution in [2.75, 3.05) is 19.7 Å². The average Bonchev–Trinajstić information content (AvgIpc) is 2.23. The van der Waals surface area contributed by atoms with Crippen LogP contribution in [0.5, 0.6) is 5.75 Å². The Morgan fingerprint density at radius 2 is 2.36 bits per heavy atom. The molecule has 1 aromatic carbocycles. The second kappa shape index (κ2) is 4.29. The lowest BCUT2D eigenvalue weighted by Gasteiger charge is -2.24. The largest absolute Gasteiger partial charge is 0.508 e. The van der Waals surface area contributed by atoms with Crippen LogP contribution in [0.3, 0.4) is 0 Å². The molecule has 3 nitrogen and oxygen atoms in total. The van der Waals surface area contributed by atoms with E-state index < -0.39 is 0 Å². The van der Waals surface area contributed by atoms with Crippen LogP contribution >= 0.6 is 15.9 Å². The van der Waals surface area contributed by atoms with Gasteiger partial charge in [-0.15, -0.1) is 0 Å². The topological polar surface area (TPSA) is 41.5 Å². The van der Waals surface area contributed by atoms with Crippen molar-refractivity contribution in [3.63, 3.8) is 0 Å². The SMILES string of the molecule is Oc1ccc(Br)c(C2CNCCO2)c1. The van der Waals surface area contributed by atoms with Gasteiger partial charge in [0.25, 0.3) is 0 Å². The fourth-order valence-corrected chi connectivity index (χ4v) is 2.05. The van der Waals surface area contributed by atoms with Gasteiger partial charge in [0.15, 0.2) is 0 Å². The molecule has 0 saturated carbocycles. The number of rotatable bonds is 1. The van der Waals surface area contributed by atoms with Crippen LogP contribution in [0, 0.1) is 0 Å². The summed E-state index contributed by atoms with van der Waals surface area (Å²) in [5.41, 5.74) is 0.997. The van der Waals surface area contributed by atoms with E-state index in [1.165, 1.54) is 0 Å². The third kappa shape index (κ3) is 2.08. The Balaban J connectivity index is 2.24. The highest BCUT2D eigenvalue weighted by molar-refractivity contribution is 9.10. The minimum atomic E-state index is 0.0326. The quantitative estimate of drug-likeness (QED) is 0.807. The van der Waals surface area contributed by atoms with E-state index in [1.807, 2.05) is 6.07 Å². The third-order valence-corrected chi connectivity index (χ3v) is 2.98. The molecule has 1 saturated heterocycles. The van der Waals surface area contributed by atoms with Crippen molar-refractivity contribution in [2.45, 2.75) is 6.10 Å². The van der Waals surface area contributed by atoms with Crippen LogP contribution in [0.4, 0.5) is 0 Å². The fraction of sp³-hybridized carbons (Fsp3) is 0.400. The molecule has 0 radical (unpaired) electrons. The zero-order valence-corrected chi connectivity index (χ0v) is 9.25. The number of hydrogen-bond donors (Lipinski definition) is 2. The molecule has 0 spiro atoms. The van der Waals surface area contributed by atoms with E-state index in [1.54, 1.807) is 12.1 Å². The molecule has 1 heterocycles. The molecule has 1 aromatic rings. The van der Waals surface area contributed by atoms with Gasteiger partial charge >= 0.3 is 0 Å². The lowest BCUT2D eigenvalue weighted by molar-refractivity contribution is 0.0271. The predicted molar refractivity (Wildman–Crippen MR) is 57.4 cm³/mol. The molecular formula is C10H12BrNO2. The summed E-state index contributed by atoms with van der Waals surface area (Å²) in [5, 5.41) is 12.6. The van der Waals surface area contributed by atoms with Crippen LogP contribution in [0.25, 0.3) is 0 Å². The van der Waals surface area contributed by atoms with Gasteiger partial charge in [-0.3, -0.25) is 0 Å². The highest BCUT2D eigenvalue weighted by Gasteiger charge is 2.18. The molecule has 76 valence electrons. The molecule has 2 rings (SSSR count). The van der Waals surface area contributed by atoms with Gasteiger partial charge in [-0.25, -0.2) is 0 Å². The summed E-state index contributed by atoms with van der Waals surface area (Å²) in [5.74, 6) is 0.275. The van der Waals surface area contributed by atoms with Crippen LogP contribution < -0.4 is 5.32 Å². The summed E-state index contributed by atoms with van der Waals surface area (Å²) < 4.78 is 6.57. The number of phenolic OH excluding ortho intramolecular Hbond substituents is 1. The monoisotopic (exact) mass is 257 g/mol. The number of nitrogens with one attached hydrogen (secondary N) is 1. The summed E-state index contributed by atoms with van der Waals surface area (Å²) in [6.07, 6.45) is 0.0326. The predicted octanol–water partition coefficient (Wildman–Crippen LogP) is 1.82. The summed E-state index contributed by atoms with van der Waals surface area (Å²) in [7, 11) is 0. The maximum atomic E-state index is 9.37. The van der Waals surface area contributed by atoms with E-state index in [-0.39, 0.29) is 11.9 Å². The van der Waals surface area contributed by atoms with Crippen LogP contribution in [-0.2, 0) is 4.74 Å². The van der Waals surface area contributed by atoms with E-state index in [2.05, 4.69) is 21.2 Å². The number of aromatic hydroxyl groups is 1. The van der Waals surface area contributed by atoms with E-state index in [0.29, 0.717) is 6.61 Å². The Morgan fingerprint density at radius 3 is 3.07 bits per heavy atom. The third-order valence-electron chi connectivity index (χ3n) is 2.25. The standard InChI is InChI=1S/C10H12BrNO2/c11-9-2-1-7(13)5-8(9)10-6-12-3-4-14-10/h1-2,5,10,12-13H,3-4,6H2. The van der Waals surface area contributed by atoms with Crippen LogP contribution in [0.15, 0.2) is 22.7 Å². The Morgan fingerprint density at radius 1 is 1.50 bits per heavy atom. The van der Waals surface area contributed by atoms with Gasteiger partial charge in [0.2, 0.25) is 0 Å². The first kappa shape index (κ1) is 9.96. The van der Waals surface area contributed by atoms with Crippen molar-refractivity contribution in [3.8, 4) is 5.75 Å². The second-order valence-corrected chi connectivity index (χ2v) is 4.12. The molecule has 4 heteroatoms. The molecule has 2 N–H and O–H groups in total. The van der Waals surface area contributed by atoms with Gasteiger partial charge in [-0.05, 0) is 23.8 Å². The summed E-state index contributed by atoms with van der Waals surface area (Å²) in [6, 6.07) is 5.23. The normalized spacial score (nSPS) is 22.2. The number of ether oxygens (including phenoxy) is 1. The van der Waals surface area contributed by atoms with Gasteiger partial charge < -0.3 is 15.2 Å². The minimum Gasteiger partial charge on any atom is -0.508 e. The van der Waals surface area contributed by atoms with E-state index in [0.717, 1.165) is 23.1 Å². The Labute approximate surface area is 91.2 Å². The van der Waals surface area contributed by atoms with Crippen molar-refractivity contribution in [2.24, 2.45) is 0 Å². The van der Waals surface area contributed by atoms with Crippen molar-refractivity contribution in [1.29, 1.82) is 0 Å². The molecule has 1 aliphatic rings. The van der Waals surface area contributed by atoms with Crippen LogP contribution in [-0.4, -0.2) is 24.8 Å². The molecule has 0 aliphatic carbocycles. The van der Waals surface area contributed by atoms with Gasteiger partial charge in [-0.2, -0.15) is 0 Å². The average molecular weight is 258 g/mol.